The van der Waals surface area contributed by atoms with Gasteiger partial charge in [0.25, 0.3) is 0 Å². The number of aryl methyl sites for hydroxylation is 2. The predicted octanol–water partition coefficient (Wildman–Crippen LogP) is 4.37. The van der Waals surface area contributed by atoms with Gasteiger partial charge in [0.15, 0.2) is 0 Å². The van der Waals surface area contributed by atoms with Crippen molar-refractivity contribution in [3.63, 3.8) is 0 Å². The van der Waals surface area contributed by atoms with E-state index in [1.54, 1.807) is 5.56 Å². The lowest BCUT2D eigenvalue weighted by atomic mass is 9.56. The lowest BCUT2D eigenvalue weighted by Gasteiger charge is -2.52. The molecular formula is C19H29N. The summed E-state index contributed by atoms with van der Waals surface area (Å²) in [6.07, 6.45) is 8.13. The van der Waals surface area contributed by atoms with Gasteiger partial charge in [0, 0.05) is 11.5 Å². The Balaban J connectivity index is 2.08. The molecule has 1 heteroatoms. The number of benzene rings is 1. The largest absolute Gasteiger partial charge is 0.314 e. The zero-order chi connectivity index (χ0) is 14.2. The minimum absolute atomic E-state index is 0.457. The second kappa shape index (κ2) is 5.52. The van der Waals surface area contributed by atoms with Gasteiger partial charge in [-0.25, -0.2) is 0 Å². The van der Waals surface area contributed by atoms with E-state index in [1.807, 2.05) is 0 Å². The summed E-state index contributed by atoms with van der Waals surface area (Å²) in [5.74, 6) is 0.829. The minimum Gasteiger partial charge on any atom is -0.314 e. The molecular weight excluding hydrogens is 242 g/mol. The van der Waals surface area contributed by atoms with Gasteiger partial charge < -0.3 is 5.32 Å². The molecule has 0 radical (unpaired) electrons. The monoisotopic (exact) mass is 271 g/mol. The van der Waals surface area contributed by atoms with Crippen molar-refractivity contribution in [1.29, 1.82) is 0 Å². The quantitative estimate of drug-likeness (QED) is 0.842. The van der Waals surface area contributed by atoms with E-state index in [1.165, 1.54) is 49.8 Å². The van der Waals surface area contributed by atoms with E-state index in [4.69, 9.17) is 0 Å². The molecule has 1 N–H and O–H groups in total. The van der Waals surface area contributed by atoms with Gasteiger partial charge in [-0.05, 0) is 68.7 Å². The zero-order valence-electron chi connectivity index (χ0n) is 13.3. The lowest BCUT2D eigenvalue weighted by Crippen LogP contribution is -2.54. The van der Waals surface area contributed by atoms with Crippen molar-refractivity contribution < 1.29 is 0 Å². The van der Waals surface area contributed by atoms with Crippen LogP contribution in [0.4, 0.5) is 0 Å². The zero-order valence-corrected chi connectivity index (χ0v) is 13.3. The second-order valence-corrected chi connectivity index (χ2v) is 7.00. The molecule has 0 spiro atoms. The van der Waals surface area contributed by atoms with Crippen LogP contribution in [0.15, 0.2) is 18.2 Å². The number of hydrogen-bond acceptors (Lipinski definition) is 1. The number of fused-ring (bicyclic) bond motifs is 1. The molecule has 0 amide bonds. The molecule has 0 aromatic heterocycles. The van der Waals surface area contributed by atoms with E-state index >= 15 is 0 Å². The van der Waals surface area contributed by atoms with Crippen LogP contribution in [0, 0.1) is 12.8 Å². The van der Waals surface area contributed by atoms with Crippen LogP contribution in [-0.4, -0.2) is 12.6 Å². The first-order valence-electron chi connectivity index (χ1n) is 8.51. The summed E-state index contributed by atoms with van der Waals surface area (Å²) in [7, 11) is 0. The van der Waals surface area contributed by atoms with Gasteiger partial charge in [-0.2, -0.15) is 0 Å². The van der Waals surface area contributed by atoms with E-state index in [2.05, 4.69) is 44.3 Å². The maximum atomic E-state index is 3.72. The van der Waals surface area contributed by atoms with Crippen LogP contribution >= 0.6 is 0 Å². The van der Waals surface area contributed by atoms with E-state index < -0.39 is 0 Å². The van der Waals surface area contributed by atoms with E-state index in [9.17, 15) is 0 Å². The summed E-state index contributed by atoms with van der Waals surface area (Å²) in [4.78, 5) is 0. The predicted molar refractivity (Wildman–Crippen MR) is 86.3 cm³/mol. The van der Waals surface area contributed by atoms with Crippen LogP contribution in [0.3, 0.4) is 0 Å². The van der Waals surface area contributed by atoms with Crippen molar-refractivity contribution in [2.45, 2.75) is 70.8 Å². The Labute approximate surface area is 124 Å². The average molecular weight is 271 g/mol. The third kappa shape index (κ3) is 2.20. The molecule has 0 bridgehead atoms. The van der Waals surface area contributed by atoms with Gasteiger partial charge in [0.2, 0.25) is 0 Å². The standard InChI is InChI=1S/C19H29N/c1-4-16-9-8-14(2)18(13-16)19-10-6-5-7-17(19)15(3)20-12-11-19/h8-9,13,15,17,20H,4-7,10-12H2,1-3H3. The Morgan fingerprint density at radius 1 is 1.25 bits per heavy atom. The van der Waals surface area contributed by atoms with Gasteiger partial charge >= 0.3 is 0 Å². The average Bonchev–Trinajstić information content (AvgIpc) is 2.48. The highest BCUT2D eigenvalue weighted by atomic mass is 14.9. The molecule has 1 aromatic rings. The first-order valence-corrected chi connectivity index (χ1v) is 8.51. The van der Waals surface area contributed by atoms with Crippen molar-refractivity contribution in [3.05, 3.63) is 34.9 Å². The number of hydrogen-bond donors (Lipinski definition) is 1. The van der Waals surface area contributed by atoms with Gasteiger partial charge in [-0.1, -0.05) is 38.0 Å². The van der Waals surface area contributed by atoms with E-state index in [0.717, 1.165) is 12.3 Å². The third-order valence-electron chi connectivity index (χ3n) is 5.99. The molecule has 1 nitrogen and oxygen atoms in total. The van der Waals surface area contributed by atoms with Crippen molar-refractivity contribution in [2.75, 3.05) is 6.54 Å². The highest BCUT2D eigenvalue weighted by molar-refractivity contribution is 5.39. The molecule has 2 aliphatic rings. The second-order valence-electron chi connectivity index (χ2n) is 7.00. The fourth-order valence-electron chi connectivity index (χ4n) is 4.87. The first-order chi connectivity index (χ1) is 9.67. The number of rotatable bonds is 2. The first kappa shape index (κ1) is 14.1. The Morgan fingerprint density at radius 2 is 2.10 bits per heavy atom. The summed E-state index contributed by atoms with van der Waals surface area (Å²) in [6, 6.07) is 7.89. The number of nitrogens with one attached hydrogen (secondary N) is 1. The number of piperidine rings is 1. The Morgan fingerprint density at radius 3 is 2.90 bits per heavy atom. The maximum Gasteiger partial charge on any atom is 0.00755 e. The molecule has 2 fully saturated rings. The van der Waals surface area contributed by atoms with Crippen molar-refractivity contribution in [3.8, 4) is 0 Å². The van der Waals surface area contributed by atoms with E-state index in [-0.39, 0.29) is 0 Å². The molecule has 1 heterocycles. The van der Waals surface area contributed by atoms with Gasteiger partial charge in [-0.15, -0.1) is 0 Å². The van der Waals surface area contributed by atoms with Gasteiger partial charge in [-0.3, -0.25) is 0 Å². The van der Waals surface area contributed by atoms with Crippen LogP contribution in [-0.2, 0) is 11.8 Å². The van der Waals surface area contributed by atoms with Crippen molar-refractivity contribution in [1.82, 2.24) is 5.32 Å². The van der Waals surface area contributed by atoms with E-state index in [0.29, 0.717) is 11.5 Å². The maximum absolute atomic E-state index is 3.72. The Bertz CT molecular complexity index is 475. The van der Waals surface area contributed by atoms with Crippen LogP contribution in [0.2, 0.25) is 0 Å². The highest BCUT2D eigenvalue weighted by Gasteiger charge is 2.46. The molecule has 1 aliphatic carbocycles. The summed E-state index contributed by atoms with van der Waals surface area (Å²) in [6.45, 7) is 8.19. The fourth-order valence-corrected chi connectivity index (χ4v) is 4.87. The smallest absolute Gasteiger partial charge is 0.00755 e. The molecule has 3 unspecified atom stereocenters. The summed E-state index contributed by atoms with van der Waals surface area (Å²) < 4.78 is 0. The van der Waals surface area contributed by atoms with Crippen LogP contribution in [0.25, 0.3) is 0 Å². The summed E-state index contributed by atoms with van der Waals surface area (Å²) in [5.41, 5.74) is 5.16. The normalized spacial score (nSPS) is 33.8. The molecule has 3 rings (SSSR count). The molecule has 1 saturated carbocycles. The van der Waals surface area contributed by atoms with Gasteiger partial charge in [0.1, 0.15) is 0 Å². The topological polar surface area (TPSA) is 12.0 Å². The van der Waals surface area contributed by atoms with Crippen LogP contribution < -0.4 is 5.32 Å². The molecule has 110 valence electrons. The molecule has 20 heavy (non-hydrogen) atoms. The van der Waals surface area contributed by atoms with Crippen molar-refractivity contribution in [2.24, 2.45) is 5.92 Å². The SMILES string of the molecule is CCc1ccc(C)c(C23CCCCC2C(C)NCC3)c1. The van der Waals surface area contributed by atoms with Crippen molar-refractivity contribution >= 4 is 0 Å². The molecule has 1 saturated heterocycles. The lowest BCUT2D eigenvalue weighted by molar-refractivity contribution is 0.0999. The van der Waals surface area contributed by atoms with Crippen LogP contribution in [0.1, 0.15) is 62.6 Å². The molecule has 3 atom stereocenters. The molecule has 1 aliphatic heterocycles. The van der Waals surface area contributed by atoms with Crippen LogP contribution in [0.5, 0.6) is 0 Å². The minimum atomic E-state index is 0.457. The summed E-state index contributed by atoms with van der Waals surface area (Å²) in [5, 5.41) is 3.72. The highest BCUT2D eigenvalue weighted by Crippen LogP contribution is 2.50. The fraction of sp³-hybridized carbons (Fsp3) is 0.684. The summed E-state index contributed by atoms with van der Waals surface area (Å²) >= 11 is 0. The Kier molecular flexibility index (Phi) is 3.90. The third-order valence-corrected chi connectivity index (χ3v) is 5.99. The molecule has 1 aromatic carbocycles. The Hall–Kier alpha value is -0.820. The van der Waals surface area contributed by atoms with Gasteiger partial charge in [0.05, 0.1) is 0 Å².